The zero-order valence-corrected chi connectivity index (χ0v) is 15.6. The summed E-state index contributed by atoms with van der Waals surface area (Å²) in [6.45, 7) is 4.20. The van der Waals surface area contributed by atoms with Crippen LogP contribution in [0.2, 0.25) is 5.02 Å². The zero-order chi connectivity index (χ0) is 18.0. The van der Waals surface area contributed by atoms with Crippen molar-refractivity contribution in [2.45, 2.75) is 13.8 Å². The molecule has 3 aromatic carbocycles. The van der Waals surface area contributed by atoms with Crippen LogP contribution >= 0.6 is 11.6 Å². The maximum atomic E-state index is 6.87. The van der Waals surface area contributed by atoms with E-state index in [1.807, 2.05) is 36.4 Å². The van der Waals surface area contributed by atoms with E-state index in [-0.39, 0.29) is 0 Å². The Bertz CT molecular complexity index is 902. The van der Waals surface area contributed by atoms with E-state index in [9.17, 15) is 0 Å². The second kappa shape index (κ2) is 7.20. The number of benzene rings is 3. The molecule has 0 saturated carbocycles. The summed E-state index contributed by atoms with van der Waals surface area (Å²) < 4.78 is 10.9. The number of hydrogen-bond donors (Lipinski definition) is 0. The maximum Gasteiger partial charge on any atom is 0.130 e. The first-order chi connectivity index (χ1) is 12.1. The molecular weight excluding hydrogens is 332 g/mol. The van der Waals surface area contributed by atoms with Gasteiger partial charge >= 0.3 is 0 Å². The van der Waals surface area contributed by atoms with E-state index >= 15 is 0 Å². The highest BCUT2D eigenvalue weighted by Gasteiger charge is 2.18. The van der Waals surface area contributed by atoms with Gasteiger partial charge in [0.1, 0.15) is 11.5 Å². The molecule has 128 valence electrons. The molecule has 3 rings (SSSR count). The highest BCUT2D eigenvalue weighted by molar-refractivity contribution is 6.36. The SMILES string of the molecule is COc1ccc(-c2c(C)c(C)cc(-c3ccccc3)c2Cl)c(OC)c1. The third-order valence-electron chi connectivity index (χ3n) is 4.55. The quantitative estimate of drug-likeness (QED) is 0.548. The molecule has 2 nitrogen and oxygen atoms in total. The van der Waals surface area contributed by atoms with Crippen LogP contribution in [-0.4, -0.2) is 14.2 Å². The van der Waals surface area contributed by atoms with Crippen molar-refractivity contribution < 1.29 is 9.47 Å². The predicted octanol–water partition coefficient (Wildman–Crippen LogP) is 6.31. The first-order valence-electron chi connectivity index (χ1n) is 8.14. The summed E-state index contributed by atoms with van der Waals surface area (Å²) in [5.74, 6) is 1.50. The summed E-state index contributed by atoms with van der Waals surface area (Å²) in [6, 6.07) is 18.2. The molecule has 0 aliphatic heterocycles. The summed E-state index contributed by atoms with van der Waals surface area (Å²) in [4.78, 5) is 0. The summed E-state index contributed by atoms with van der Waals surface area (Å²) in [7, 11) is 3.31. The van der Waals surface area contributed by atoms with Crippen LogP contribution in [-0.2, 0) is 0 Å². The lowest BCUT2D eigenvalue weighted by Crippen LogP contribution is -1.96. The molecule has 0 aliphatic carbocycles. The van der Waals surface area contributed by atoms with Crippen LogP contribution in [0.3, 0.4) is 0 Å². The highest BCUT2D eigenvalue weighted by atomic mass is 35.5. The summed E-state index contributed by atoms with van der Waals surface area (Å²) in [6.07, 6.45) is 0. The Morgan fingerprint density at radius 3 is 2.16 bits per heavy atom. The minimum Gasteiger partial charge on any atom is -0.497 e. The molecular formula is C22H21ClO2. The van der Waals surface area contributed by atoms with Crippen molar-refractivity contribution in [3.63, 3.8) is 0 Å². The lowest BCUT2D eigenvalue weighted by molar-refractivity contribution is 0.395. The van der Waals surface area contributed by atoms with Gasteiger partial charge in [0, 0.05) is 22.8 Å². The second-order valence-corrected chi connectivity index (χ2v) is 6.37. The average Bonchev–Trinajstić information content (AvgIpc) is 2.65. The lowest BCUT2D eigenvalue weighted by atomic mass is 9.91. The Kier molecular flexibility index (Phi) is 5.00. The molecule has 0 bridgehead atoms. The normalized spacial score (nSPS) is 10.6. The minimum absolute atomic E-state index is 0.734. The van der Waals surface area contributed by atoms with Crippen LogP contribution in [0.15, 0.2) is 54.6 Å². The molecule has 0 N–H and O–H groups in total. The molecule has 0 unspecified atom stereocenters. The fraction of sp³-hybridized carbons (Fsp3) is 0.182. The Morgan fingerprint density at radius 1 is 0.800 bits per heavy atom. The van der Waals surface area contributed by atoms with Crippen molar-refractivity contribution in [3.05, 3.63) is 70.7 Å². The van der Waals surface area contributed by atoms with Crippen LogP contribution in [0.4, 0.5) is 0 Å². The van der Waals surface area contributed by atoms with E-state index in [1.54, 1.807) is 14.2 Å². The number of hydrogen-bond acceptors (Lipinski definition) is 2. The van der Waals surface area contributed by atoms with Crippen molar-refractivity contribution in [3.8, 4) is 33.8 Å². The summed E-state index contributed by atoms with van der Waals surface area (Å²) in [5, 5.41) is 0.734. The van der Waals surface area contributed by atoms with Gasteiger partial charge < -0.3 is 9.47 Å². The second-order valence-electron chi connectivity index (χ2n) is 5.99. The molecule has 25 heavy (non-hydrogen) atoms. The molecule has 0 fully saturated rings. The van der Waals surface area contributed by atoms with Gasteiger partial charge in [-0.1, -0.05) is 41.9 Å². The fourth-order valence-corrected chi connectivity index (χ4v) is 3.44. The monoisotopic (exact) mass is 352 g/mol. The van der Waals surface area contributed by atoms with Gasteiger partial charge in [-0.3, -0.25) is 0 Å². The Hall–Kier alpha value is -2.45. The van der Waals surface area contributed by atoms with Crippen LogP contribution in [0, 0.1) is 13.8 Å². The summed E-state index contributed by atoms with van der Waals surface area (Å²) >= 11 is 6.87. The third-order valence-corrected chi connectivity index (χ3v) is 4.94. The van der Waals surface area contributed by atoms with Gasteiger partial charge in [-0.25, -0.2) is 0 Å². The molecule has 0 amide bonds. The van der Waals surface area contributed by atoms with Crippen molar-refractivity contribution in [1.29, 1.82) is 0 Å². The third kappa shape index (κ3) is 3.22. The predicted molar refractivity (Wildman–Crippen MR) is 105 cm³/mol. The van der Waals surface area contributed by atoms with Gasteiger partial charge in [-0.05, 0) is 48.7 Å². The minimum atomic E-state index is 0.734. The maximum absolute atomic E-state index is 6.87. The van der Waals surface area contributed by atoms with Crippen molar-refractivity contribution in [2.75, 3.05) is 14.2 Å². The highest BCUT2D eigenvalue weighted by Crippen LogP contribution is 2.44. The number of aryl methyl sites for hydroxylation is 1. The van der Waals surface area contributed by atoms with E-state index in [4.69, 9.17) is 21.1 Å². The number of halogens is 1. The van der Waals surface area contributed by atoms with Crippen molar-refractivity contribution in [1.82, 2.24) is 0 Å². The Labute approximate surface area is 154 Å². The number of rotatable bonds is 4. The molecule has 0 atom stereocenters. The molecule has 0 radical (unpaired) electrons. The van der Waals surface area contributed by atoms with Gasteiger partial charge in [0.05, 0.1) is 19.2 Å². The van der Waals surface area contributed by atoms with E-state index < -0.39 is 0 Å². The van der Waals surface area contributed by atoms with Gasteiger partial charge in [0.2, 0.25) is 0 Å². The van der Waals surface area contributed by atoms with Crippen molar-refractivity contribution in [2.24, 2.45) is 0 Å². The molecule has 0 spiro atoms. The van der Waals surface area contributed by atoms with Crippen LogP contribution in [0.1, 0.15) is 11.1 Å². The largest absolute Gasteiger partial charge is 0.497 e. The molecule has 3 heteroatoms. The van der Waals surface area contributed by atoms with Crippen LogP contribution < -0.4 is 9.47 Å². The molecule has 0 heterocycles. The lowest BCUT2D eigenvalue weighted by Gasteiger charge is -2.18. The van der Waals surface area contributed by atoms with Gasteiger partial charge in [-0.15, -0.1) is 0 Å². The topological polar surface area (TPSA) is 18.5 Å². The number of methoxy groups -OCH3 is 2. The fourth-order valence-electron chi connectivity index (χ4n) is 3.04. The molecule has 0 saturated heterocycles. The molecule has 0 aliphatic rings. The Morgan fingerprint density at radius 2 is 1.52 bits per heavy atom. The molecule has 3 aromatic rings. The van der Waals surface area contributed by atoms with Crippen molar-refractivity contribution >= 4 is 11.6 Å². The average molecular weight is 353 g/mol. The van der Waals surface area contributed by atoms with E-state index in [1.165, 1.54) is 5.56 Å². The van der Waals surface area contributed by atoms with Gasteiger partial charge in [0.25, 0.3) is 0 Å². The summed E-state index contributed by atoms with van der Waals surface area (Å²) in [5.41, 5.74) is 6.43. The van der Waals surface area contributed by atoms with Crippen LogP contribution in [0.5, 0.6) is 11.5 Å². The van der Waals surface area contributed by atoms with E-state index in [0.717, 1.165) is 44.3 Å². The zero-order valence-electron chi connectivity index (χ0n) is 14.9. The standard InChI is InChI=1S/C22H21ClO2/c1-14-12-19(16-8-6-5-7-9-16)22(23)21(15(14)2)18-11-10-17(24-3)13-20(18)25-4/h5-13H,1-4H3. The first-order valence-corrected chi connectivity index (χ1v) is 8.52. The first kappa shape index (κ1) is 17.4. The Balaban J connectivity index is 2.29. The van der Waals surface area contributed by atoms with E-state index in [2.05, 4.69) is 32.0 Å². The van der Waals surface area contributed by atoms with Crippen LogP contribution in [0.25, 0.3) is 22.3 Å². The van der Waals surface area contributed by atoms with E-state index in [0.29, 0.717) is 0 Å². The number of ether oxygens (including phenoxy) is 2. The molecule has 0 aromatic heterocycles. The van der Waals surface area contributed by atoms with Gasteiger partial charge in [-0.2, -0.15) is 0 Å². The van der Waals surface area contributed by atoms with Gasteiger partial charge in [0.15, 0.2) is 0 Å². The smallest absolute Gasteiger partial charge is 0.130 e.